The van der Waals surface area contributed by atoms with Crippen molar-refractivity contribution >= 4 is 28.4 Å². The van der Waals surface area contributed by atoms with Crippen molar-refractivity contribution < 1.29 is 19.4 Å². The van der Waals surface area contributed by atoms with Crippen LogP contribution in [-0.2, 0) is 14.3 Å². The molecule has 2 saturated heterocycles. The number of rotatable bonds is 4. The van der Waals surface area contributed by atoms with Crippen LogP contribution in [0.3, 0.4) is 0 Å². The van der Waals surface area contributed by atoms with Crippen molar-refractivity contribution in [2.75, 3.05) is 13.2 Å². The molecule has 1 aromatic heterocycles. The maximum absolute atomic E-state index is 13.1. The average Bonchev–Trinajstić information content (AvgIpc) is 3.50. The highest BCUT2D eigenvalue weighted by atomic mass is 16.5. The van der Waals surface area contributed by atoms with Gasteiger partial charge in [-0.2, -0.15) is 0 Å². The first-order valence-electron chi connectivity index (χ1n) is 10.2. The zero-order valence-corrected chi connectivity index (χ0v) is 16.4. The van der Waals surface area contributed by atoms with E-state index in [0.717, 1.165) is 29.3 Å². The third-order valence-corrected chi connectivity index (χ3v) is 5.93. The van der Waals surface area contributed by atoms with Crippen molar-refractivity contribution in [2.24, 2.45) is 0 Å². The molecule has 5 rings (SSSR count). The zero-order valence-electron chi connectivity index (χ0n) is 16.4. The minimum atomic E-state index is -0.675. The first-order valence-corrected chi connectivity index (χ1v) is 10.2. The van der Waals surface area contributed by atoms with Crippen LogP contribution in [-0.4, -0.2) is 45.9 Å². The molecule has 152 valence electrons. The number of ether oxygens (including phenoxy) is 1. The Hall–Kier alpha value is -3.38. The van der Waals surface area contributed by atoms with Crippen molar-refractivity contribution in [1.29, 1.82) is 0 Å². The first-order chi connectivity index (χ1) is 14.6. The number of aromatic amines is 1. The van der Waals surface area contributed by atoms with Gasteiger partial charge in [-0.25, -0.2) is 0 Å². The lowest BCUT2D eigenvalue weighted by atomic mass is 9.95. The number of amides is 1. The Morgan fingerprint density at radius 2 is 1.87 bits per heavy atom. The fourth-order valence-corrected chi connectivity index (χ4v) is 4.47. The van der Waals surface area contributed by atoms with Crippen LogP contribution in [0.25, 0.3) is 16.7 Å². The number of likely N-dealkylation sites (tertiary alicyclic amines) is 1. The fraction of sp³-hybridized carbons (Fsp3) is 0.250. The van der Waals surface area contributed by atoms with Gasteiger partial charge in [-0.05, 0) is 18.9 Å². The lowest BCUT2D eigenvalue weighted by Gasteiger charge is -2.27. The van der Waals surface area contributed by atoms with Gasteiger partial charge in [0.2, 0.25) is 0 Å². The Kier molecular flexibility index (Phi) is 4.64. The molecule has 0 aliphatic carbocycles. The van der Waals surface area contributed by atoms with Crippen molar-refractivity contribution in [1.82, 2.24) is 9.88 Å². The van der Waals surface area contributed by atoms with E-state index < -0.39 is 17.7 Å². The molecule has 2 aliphatic heterocycles. The lowest BCUT2D eigenvalue weighted by Crippen LogP contribution is -2.36. The van der Waals surface area contributed by atoms with Gasteiger partial charge in [0, 0.05) is 41.4 Å². The van der Waals surface area contributed by atoms with Crippen molar-refractivity contribution in [2.45, 2.75) is 25.0 Å². The maximum Gasteiger partial charge on any atom is 0.295 e. The normalized spacial score (nSPS) is 23.5. The molecule has 30 heavy (non-hydrogen) atoms. The molecule has 0 saturated carbocycles. The second kappa shape index (κ2) is 7.46. The minimum absolute atomic E-state index is 0.104. The Morgan fingerprint density at radius 3 is 2.63 bits per heavy atom. The van der Waals surface area contributed by atoms with E-state index in [9.17, 15) is 14.7 Å². The van der Waals surface area contributed by atoms with Crippen LogP contribution in [0.5, 0.6) is 0 Å². The Labute approximate surface area is 173 Å². The van der Waals surface area contributed by atoms with Gasteiger partial charge in [0.05, 0.1) is 17.7 Å². The lowest BCUT2D eigenvalue weighted by molar-refractivity contribution is -0.140. The van der Waals surface area contributed by atoms with E-state index in [2.05, 4.69) is 4.98 Å². The number of ketones is 1. The van der Waals surface area contributed by atoms with Crippen LogP contribution in [0, 0.1) is 0 Å². The summed E-state index contributed by atoms with van der Waals surface area (Å²) < 4.78 is 5.74. The number of H-pyrrole nitrogens is 1. The fourth-order valence-electron chi connectivity index (χ4n) is 4.47. The molecule has 3 aromatic rings. The van der Waals surface area contributed by atoms with Crippen LogP contribution in [0.15, 0.2) is 66.4 Å². The molecule has 0 spiro atoms. The monoisotopic (exact) mass is 402 g/mol. The highest BCUT2D eigenvalue weighted by Crippen LogP contribution is 2.42. The Morgan fingerprint density at radius 1 is 1.10 bits per heavy atom. The molecule has 2 aliphatic rings. The smallest absolute Gasteiger partial charge is 0.295 e. The average molecular weight is 402 g/mol. The van der Waals surface area contributed by atoms with Crippen LogP contribution < -0.4 is 0 Å². The number of carbonyl (C=O) groups excluding carboxylic acids is 2. The summed E-state index contributed by atoms with van der Waals surface area (Å²) in [6.45, 7) is 0.983. The number of aliphatic hydroxyl groups is 1. The number of carbonyl (C=O) groups is 2. The van der Waals surface area contributed by atoms with E-state index in [-0.39, 0.29) is 17.4 Å². The van der Waals surface area contributed by atoms with Crippen LogP contribution >= 0.6 is 0 Å². The zero-order chi connectivity index (χ0) is 20.7. The highest BCUT2D eigenvalue weighted by molar-refractivity contribution is 6.46. The van der Waals surface area contributed by atoms with E-state index in [1.807, 2.05) is 36.5 Å². The summed E-state index contributed by atoms with van der Waals surface area (Å²) in [5, 5.41) is 12.0. The topological polar surface area (TPSA) is 82.6 Å². The molecule has 1 amide bonds. The summed E-state index contributed by atoms with van der Waals surface area (Å²) in [4.78, 5) is 30.9. The molecule has 0 bridgehead atoms. The predicted molar refractivity (Wildman–Crippen MR) is 113 cm³/mol. The van der Waals surface area contributed by atoms with E-state index in [1.165, 1.54) is 0 Å². The third kappa shape index (κ3) is 3.00. The van der Waals surface area contributed by atoms with Gasteiger partial charge >= 0.3 is 0 Å². The van der Waals surface area contributed by atoms with Gasteiger partial charge in [-0.15, -0.1) is 0 Å². The minimum Gasteiger partial charge on any atom is -0.507 e. The van der Waals surface area contributed by atoms with Crippen molar-refractivity contribution in [3.05, 3.63) is 77.5 Å². The second-order valence-corrected chi connectivity index (χ2v) is 7.74. The van der Waals surface area contributed by atoms with Crippen LogP contribution in [0.1, 0.15) is 30.0 Å². The Balaban J connectivity index is 1.68. The maximum atomic E-state index is 13.1. The molecule has 2 unspecified atom stereocenters. The molecule has 0 radical (unpaired) electrons. The number of nitrogens with zero attached hydrogens (tertiary/aromatic N) is 1. The van der Waals surface area contributed by atoms with Gasteiger partial charge in [0.15, 0.2) is 0 Å². The number of fused-ring (bicyclic) bond motifs is 1. The number of Topliss-reactive ketones (excluding diaryl/α,β-unsaturated/α-hetero) is 1. The number of benzene rings is 2. The first kappa shape index (κ1) is 18.6. The molecule has 6 nitrogen and oxygen atoms in total. The molecular weight excluding hydrogens is 380 g/mol. The second-order valence-electron chi connectivity index (χ2n) is 7.74. The van der Waals surface area contributed by atoms with Crippen molar-refractivity contribution in [3.8, 4) is 0 Å². The summed E-state index contributed by atoms with van der Waals surface area (Å²) in [7, 11) is 0. The standard InChI is InChI=1S/C24H22N2O4/c27-22(15-7-2-1-3-8-15)20-21(18-13-25-19-11-5-4-10-17(18)19)26(24(29)23(20)28)14-16-9-6-12-30-16/h1-5,7-8,10-11,13,16,21,25,27H,6,9,12,14H2/b22-20+. The Bertz CT molecular complexity index is 1140. The number of aliphatic hydroxyl groups excluding tert-OH is 1. The van der Waals surface area contributed by atoms with Gasteiger partial charge in [0.1, 0.15) is 5.76 Å². The van der Waals surface area contributed by atoms with Crippen LogP contribution in [0.2, 0.25) is 0 Å². The van der Waals surface area contributed by atoms with Gasteiger partial charge in [-0.1, -0.05) is 48.5 Å². The molecule has 2 fully saturated rings. The van der Waals surface area contributed by atoms with Gasteiger partial charge in [0.25, 0.3) is 11.7 Å². The SMILES string of the molecule is O=C1C(=O)N(CC2CCCO2)C(c2c[nH]c3ccccc23)/C1=C(\O)c1ccccc1. The molecular formula is C24H22N2O4. The van der Waals surface area contributed by atoms with E-state index >= 15 is 0 Å². The summed E-state index contributed by atoms with van der Waals surface area (Å²) in [6, 6.07) is 16.0. The van der Waals surface area contributed by atoms with Gasteiger partial charge in [-0.3, -0.25) is 9.59 Å². The van der Waals surface area contributed by atoms with E-state index in [4.69, 9.17) is 4.74 Å². The summed E-state index contributed by atoms with van der Waals surface area (Å²) in [5.41, 5.74) is 2.33. The van der Waals surface area contributed by atoms with E-state index in [1.54, 1.807) is 29.2 Å². The summed E-state index contributed by atoms with van der Waals surface area (Å²) >= 11 is 0. The highest BCUT2D eigenvalue weighted by Gasteiger charge is 2.47. The molecule has 2 N–H and O–H groups in total. The number of aromatic nitrogens is 1. The van der Waals surface area contributed by atoms with Crippen molar-refractivity contribution in [3.63, 3.8) is 0 Å². The quantitative estimate of drug-likeness (QED) is 0.395. The number of para-hydroxylation sites is 1. The van der Waals surface area contributed by atoms with E-state index in [0.29, 0.717) is 18.7 Å². The summed E-state index contributed by atoms with van der Waals surface area (Å²) in [5.74, 6) is -1.41. The molecule has 2 atom stereocenters. The number of hydrogen-bond donors (Lipinski definition) is 2. The third-order valence-electron chi connectivity index (χ3n) is 5.93. The molecule has 3 heterocycles. The van der Waals surface area contributed by atoms with Gasteiger partial charge < -0.3 is 19.7 Å². The largest absolute Gasteiger partial charge is 0.507 e. The molecule has 6 heteroatoms. The molecule has 2 aromatic carbocycles. The van der Waals surface area contributed by atoms with Crippen LogP contribution in [0.4, 0.5) is 0 Å². The number of nitrogens with one attached hydrogen (secondary N) is 1. The predicted octanol–water partition coefficient (Wildman–Crippen LogP) is 3.77. The number of hydrogen-bond acceptors (Lipinski definition) is 4. The summed E-state index contributed by atoms with van der Waals surface area (Å²) in [6.07, 6.45) is 3.51.